The fourth-order valence-electron chi connectivity index (χ4n) is 2.95. The van der Waals surface area contributed by atoms with Gasteiger partial charge in [-0.3, -0.25) is 0 Å². The van der Waals surface area contributed by atoms with Crippen LogP contribution in [0, 0.1) is 0 Å². The molecule has 1 fully saturated rings. The molecule has 0 aliphatic carbocycles. The number of aliphatic hydroxyl groups is 1. The minimum absolute atomic E-state index is 0.381. The third-order valence-electron chi connectivity index (χ3n) is 4.23. The Hall–Kier alpha value is -1.63. The molecule has 1 aliphatic heterocycles. The molecule has 0 radical (unpaired) electrons. The number of hydrogen-bond donors (Lipinski definition) is 4. The van der Waals surface area contributed by atoms with Crippen molar-refractivity contribution in [1.82, 2.24) is 15.5 Å². The highest BCUT2D eigenvalue weighted by atomic mass is 16.4. The van der Waals surface area contributed by atoms with Crippen LogP contribution >= 0.6 is 0 Å². The van der Waals surface area contributed by atoms with E-state index in [4.69, 9.17) is 5.11 Å². The van der Waals surface area contributed by atoms with Crippen LogP contribution in [0.2, 0.25) is 0 Å². The van der Waals surface area contributed by atoms with Gasteiger partial charge in [0.15, 0.2) is 0 Å². The van der Waals surface area contributed by atoms with Crippen LogP contribution in [0.1, 0.15) is 18.4 Å². The largest absolute Gasteiger partial charge is 0.465 e. The maximum Gasteiger partial charge on any atom is 0.404 e. The van der Waals surface area contributed by atoms with Crippen LogP contribution in [0.5, 0.6) is 0 Å². The van der Waals surface area contributed by atoms with E-state index in [0.717, 1.165) is 31.7 Å². The molecule has 0 unspecified atom stereocenters. The molecule has 128 valence electrons. The Morgan fingerprint density at radius 3 is 2.57 bits per heavy atom. The first kappa shape index (κ1) is 17.7. The molecule has 6 nitrogen and oxygen atoms in total. The molecule has 1 saturated heterocycles. The molecule has 0 saturated carbocycles. The number of nitrogens with zero attached hydrogens (tertiary/aromatic N) is 1. The lowest BCUT2D eigenvalue weighted by molar-refractivity contribution is 0.117. The molecule has 1 aliphatic rings. The van der Waals surface area contributed by atoms with Crippen molar-refractivity contribution >= 4 is 6.09 Å². The Labute approximate surface area is 137 Å². The van der Waals surface area contributed by atoms with Crippen molar-refractivity contribution in [3.05, 3.63) is 35.9 Å². The molecule has 1 heterocycles. The molecule has 4 N–H and O–H groups in total. The molecule has 0 aromatic heterocycles. The maximum absolute atomic E-state index is 11.0. The van der Waals surface area contributed by atoms with Gasteiger partial charge in [-0.25, -0.2) is 4.79 Å². The summed E-state index contributed by atoms with van der Waals surface area (Å²) in [6, 6.07) is 9.09. The fraction of sp³-hybridized carbons (Fsp3) is 0.588. The van der Waals surface area contributed by atoms with E-state index in [2.05, 4.69) is 15.5 Å². The van der Waals surface area contributed by atoms with Crippen LogP contribution in [-0.4, -0.2) is 66.1 Å². The van der Waals surface area contributed by atoms with Gasteiger partial charge in [-0.1, -0.05) is 30.3 Å². The third kappa shape index (κ3) is 6.56. The van der Waals surface area contributed by atoms with E-state index in [0.29, 0.717) is 13.0 Å². The molecule has 1 aromatic rings. The van der Waals surface area contributed by atoms with E-state index in [1.54, 1.807) is 0 Å². The van der Waals surface area contributed by atoms with Crippen molar-refractivity contribution in [2.24, 2.45) is 0 Å². The van der Waals surface area contributed by atoms with Crippen LogP contribution < -0.4 is 10.6 Å². The number of benzene rings is 1. The molecule has 23 heavy (non-hydrogen) atoms. The van der Waals surface area contributed by atoms with E-state index in [9.17, 15) is 9.90 Å². The Morgan fingerprint density at radius 1 is 1.22 bits per heavy atom. The van der Waals surface area contributed by atoms with E-state index >= 15 is 0 Å². The lowest BCUT2D eigenvalue weighted by atomic mass is 10.0. The zero-order valence-electron chi connectivity index (χ0n) is 13.4. The summed E-state index contributed by atoms with van der Waals surface area (Å²) in [6.45, 7) is 4.47. The van der Waals surface area contributed by atoms with Crippen molar-refractivity contribution in [3.8, 4) is 0 Å². The van der Waals surface area contributed by atoms with Gasteiger partial charge in [0, 0.05) is 19.6 Å². The number of likely N-dealkylation sites (tertiary alicyclic amines) is 1. The SMILES string of the molecule is O=C(O)N[C@@H](Cc1ccccc1)[C@H](O)CNCCN1CCCC1. The number of amides is 1. The Morgan fingerprint density at radius 2 is 1.91 bits per heavy atom. The van der Waals surface area contributed by atoms with E-state index in [1.165, 1.54) is 12.8 Å². The van der Waals surface area contributed by atoms with Crippen molar-refractivity contribution < 1.29 is 15.0 Å². The number of carbonyl (C=O) groups is 1. The number of rotatable bonds is 9. The smallest absolute Gasteiger partial charge is 0.404 e. The fourth-order valence-corrected chi connectivity index (χ4v) is 2.95. The number of nitrogens with one attached hydrogen (secondary N) is 2. The zero-order chi connectivity index (χ0) is 16.5. The predicted molar refractivity (Wildman–Crippen MR) is 89.6 cm³/mol. The summed E-state index contributed by atoms with van der Waals surface area (Å²) in [5.41, 5.74) is 1.00. The number of hydrogen-bond acceptors (Lipinski definition) is 4. The van der Waals surface area contributed by atoms with Gasteiger partial charge in [0.25, 0.3) is 0 Å². The first-order chi connectivity index (χ1) is 11.1. The lowest BCUT2D eigenvalue weighted by Crippen LogP contribution is -2.49. The summed E-state index contributed by atoms with van der Waals surface area (Å²) in [7, 11) is 0. The van der Waals surface area contributed by atoms with Gasteiger partial charge in [-0.2, -0.15) is 0 Å². The first-order valence-electron chi connectivity index (χ1n) is 8.29. The first-order valence-corrected chi connectivity index (χ1v) is 8.29. The van der Waals surface area contributed by atoms with Gasteiger partial charge in [0.05, 0.1) is 12.1 Å². The van der Waals surface area contributed by atoms with Crippen LogP contribution in [0.15, 0.2) is 30.3 Å². The standard InChI is InChI=1S/C17H27N3O3/c21-16(13-18-8-11-20-9-4-5-10-20)15(19-17(22)23)12-14-6-2-1-3-7-14/h1-3,6-7,15-16,18-19,21H,4-5,8-13H2,(H,22,23)/t15-,16+/m0/s1. The Kier molecular flexibility index (Phi) is 7.32. The maximum atomic E-state index is 11.0. The second-order valence-electron chi connectivity index (χ2n) is 6.07. The Bertz CT molecular complexity index is 463. The molecule has 1 aromatic carbocycles. The van der Waals surface area contributed by atoms with Gasteiger partial charge in [0.2, 0.25) is 0 Å². The minimum Gasteiger partial charge on any atom is -0.465 e. The van der Waals surface area contributed by atoms with E-state index in [1.807, 2.05) is 30.3 Å². The quantitative estimate of drug-likeness (QED) is 0.508. The molecular weight excluding hydrogens is 294 g/mol. The average molecular weight is 321 g/mol. The summed E-state index contributed by atoms with van der Waals surface area (Å²) >= 11 is 0. The molecule has 6 heteroatoms. The highest BCUT2D eigenvalue weighted by Crippen LogP contribution is 2.07. The minimum atomic E-state index is -1.11. The molecule has 0 bridgehead atoms. The van der Waals surface area contributed by atoms with Crippen molar-refractivity contribution in [1.29, 1.82) is 0 Å². The van der Waals surface area contributed by atoms with Crippen molar-refractivity contribution in [2.75, 3.05) is 32.7 Å². The molecule has 0 spiro atoms. The van der Waals surface area contributed by atoms with Crippen molar-refractivity contribution in [2.45, 2.75) is 31.4 Å². The second-order valence-corrected chi connectivity index (χ2v) is 6.07. The van der Waals surface area contributed by atoms with Gasteiger partial charge in [0.1, 0.15) is 0 Å². The molecule has 2 atom stereocenters. The van der Waals surface area contributed by atoms with Gasteiger partial charge in [-0.05, 0) is 37.9 Å². The van der Waals surface area contributed by atoms with Crippen LogP contribution in [0.25, 0.3) is 0 Å². The van der Waals surface area contributed by atoms with E-state index < -0.39 is 18.2 Å². The summed E-state index contributed by atoms with van der Waals surface area (Å²) in [5, 5.41) is 24.9. The van der Waals surface area contributed by atoms with Crippen LogP contribution in [-0.2, 0) is 6.42 Å². The average Bonchev–Trinajstić information content (AvgIpc) is 3.04. The topological polar surface area (TPSA) is 84.8 Å². The zero-order valence-corrected chi connectivity index (χ0v) is 13.4. The second kappa shape index (κ2) is 9.50. The monoisotopic (exact) mass is 321 g/mol. The summed E-state index contributed by atoms with van der Waals surface area (Å²) in [5.74, 6) is 0. The number of aliphatic hydroxyl groups excluding tert-OH is 1. The highest BCUT2D eigenvalue weighted by Gasteiger charge is 2.21. The summed E-state index contributed by atoms with van der Waals surface area (Å²) in [6.07, 6.45) is 1.14. The van der Waals surface area contributed by atoms with Gasteiger partial charge >= 0.3 is 6.09 Å². The highest BCUT2D eigenvalue weighted by molar-refractivity contribution is 5.65. The van der Waals surface area contributed by atoms with Crippen LogP contribution in [0.3, 0.4) is 0 Å². The molecular formula is C17H27N3O3. The molecule has 1 amide bonds. The predicted octanol–water partition coefficient (Wildman–Crippen LogP) is 0.912. The summed E-state index contributed by atoms with van der Waals surface area (Å²) in [4.78, 5) is 13.4. The van der Waals surface area contributed by atoms with Crippen molar-refractivity contribution in [3.63, 3.8) is 0 Å². The normalized spacial score (nSPS) is 17.8. The van der Waals surface area contributed by atoms with Gasteiger partial charge in [-0.15, -0.1) is 0 Å². The number of carboxylic acid groups (broad SMARTS) is 1. The van der Waals surface area contributed by atoms with Crippen LogP contribution in [0.4, 0.5) is 4.79 Å². The Balaban J connectivity index is 1.76. The summed E-state index contributed by atoms with van der Waals surface area (Å²) < 4.78 is 0. The van der Waals surface area contributed by atoms with Gasteiger partial charge < -0.3 is 25.7 Å². The van der Waals surface area contributed by atoms with E-state index in [-0.39, 0.29) is 0 Å². The molecule has 2 rings (SSSR count). The lowest BCUT2D eigenvalue weighted by Gasteiger charge is -2.24. The third-order valence-corrected chi connectivity index (χ3v) is 4.23.